The zero-order valence-corrected chi connectivity index (χ0v) is 9.18. The third-order valence-electron chi connectivity index (χ3n) is 1.12. The van der Waals surface area contributed by atoms with Crippen LogP contribution < -0.4 is 0 Å². The molecule has 0 rings (SSSR count). The second-order valence-electron chi connectivity index (χ2n) is 3.38. The van der Waals surface area contributed by atoms with Gasteiger partial charge < -0.3 is 0 Å². The molecule has 3 heteroatoms. The van der Waals surface area contributed by atoms with E-state index in [-0.39, 0.29) is 5.54 Å². The lowest BCUT2D eigenvalue weighted by molar-refractivity contribution is 0.598. The summed E-state index contributed by atoms with van der Waals surface area (Å²) in [6.07, 6.45) is 0. The average molecular weight is 189 g/mol. The van der Waals surface area contributed by atoms with E-state index in [1.54, 1.807) is 0 Å². The van der Waals surface area contributed by atoms with E-state index in [2.05, 4.69) is 50.1 Å². The third-order valence-corrected chi connectivity index (χ3v) is 2.75. The normalized spacial score (nSPS) is 11.4. The van der Waals surface area contributed by atoms with Gasteiger partial charge in [-0.15, -0.1) is 0 Å². The summed E-state index contributed by atoms with van der Waals surface area (Å²) in [5.74, 6) is 1.01. The van der Waals surface area contributed by atoms with Gasteiger partial charge in [0, 0.05) is 5.75 Å². The minimum atomic E-state index is -0.0450. The quantitative estimate of drug-likeness (QED) is 0.498. The van der Waals surface area contributed by atoms with E-state index < -0.39 is 0 Å². The van der Waals surface area contributed by atoms with E-state index >= 15 is 0 Å². The summed E-state index contributed by atoms with van der Waals surface area (Å²) in [5.41, 5.74) is -0.0450. The van der Waals surface area contributed by atoms with Gasteiger partial charge in [0.05, 0.1) is 10.7 Å². The monoisotopic (exact) mass is 189 g/mol. The predicted octanol–water partition coefficient (Wildman–Crippen LogP) is 3.01. The fraction of sp³-hybridized carbons (Fsp3) is 0.875. The number of thioether (sulfide) groups is 1. The number of thiocarbonyl (C=S) groups is 1. The van der Waals surface area contributed by atoms with Gasteiger partial charge in [-0.3, -0.25) is 0 Å². The van der Waals surface area contributed by atoms with Crippen molar-refractivity contribution < 1.29 is 0 Å². The Bertz CT molecular complexity index is 157. The molecular formula is C8H15NS2. The van der Waals surface area contributed by atoms with Crippen LogP contribution in [0.4, 0.5) is 0 Å². The van der Waals surface area contributed by atoms with Gasteiger partial charge in [-0.25, -0.2) is 4.99 Å². The average Bonchev–Trinajstić information content (AvgIpc) is 1.84. The van der Waals surface area contributed by atoms with Crippen molar-refractivity contribution in [3.8, 4) is 0 Å². The zero-order valence-electron chi connectivity index (χ0n) is 7.55. The molecule has 0 spiro atoms. The standard InChI is InChI=1S/C8H15NS2/c1-7(2)11-5-8(3,4)9-6-10/h7H,5H2,1-4H3. The summed E-state index contributed by atoms with van der Waals surface area (Å²) in [4.78, 5) is 4.07. The van der Waals surface area contributed by atoms with Crippen LogP contribution in [0.5, 0.6) is 0 Å². The molecule has 0 amide bonds. The van der Waals surface area contributed by atoms with Crippen LogP contribution in [0.2, 0.25) is 0 Å². The Balaban J connectivity index is 3.82. The Hall–Kier alpha value is 0.150. The maximum atomic E-state index is 4.55. The molecule has 0 aliphatic heterocycles. The van der Waals surface area contributed by atoms with Crippen molar-refractivity contribution in [3.63, 3.8) is 0 Å². The van der Waals surface area contributed by atoms with Crippen molar-refractivity contribution in [2.75, 3.05) is 5.75 Å². The molecule has 0 atom stereocenters. The Morgan fingerprint density at radius 1 is 1.55 bits per heavy atom. The van der Waals surface area contributed by atoms with Gasteiger partial charge in [0.1, 0.15) is 0 Å². The highest BCUT2D eigenvalue weighted by molar-refractivity contribution is 7.99. The van der Waals surface area contributed by atoms with E-state index in [1.165, 1.54) is 0 Å². The van der Waals surface area contributed by atoms with Gasteiger partial charge >= 0.3 is 0 Å². The van der Waals surface area contributed by atoms with Gasteiger partial charge in [-0.1, -0.05) is 13.8 Å². The van der Waals surface area contributed by atoms with E-state index in [1.807, 2.05) is 11.8 Å². The lowest BCUT2D eigenvalue weighted by atomic mass is 10.1. The second-order valence-corrected chi connectivity index (χ2v) is 5.12. The van der Waals surface area contributed by atoms with E-state index in [4.69, 9.17) is 0 Å². The molecule has 0 heterocycles. The number of hydrogen-bond acceptors (Lipinski definition) is 3. The van der Waals surface area contributed by atoms with Crippen LogP contribution in [-0.2, 0) is 0 Å². The molecule has 11 heavy (non-hydrogen) atoms. The van der Waals surface area contributed by atoms with Crippen LogP contribution in [0, 0.1) is 0 Å². The molecule has 0 saturated carbocycles. The van der Waals surface area contributed by atoms with Gasteiger partial charge in [0.2, 0.25) is 0 Å². The lowest BCUT2D eigenvalue weighted by Gasteiger charge is -2.18. The highest BCUT2D eigenvalue weighted by atomic mass is 32.2. The SMILES string of the molecule is CC(C)SCC(C)(C)N=C=S. The predicted molar refractivity (Wildman–Crippen MR) is 56.7 cm³/mol. The molecule has 0 saturated heterocycles. The van der Waals surface area contributed by atoms with Crippen LogP contribution in [0.3, 0.4) is 0 Å². The smallest absolute Gasteiger partial charge is 0.0745 e. The molecule has 1 nitrogen and oxygen atoms in total. The van der Waals surface area contributed by atoms with Crippen molar-refractivity contribution in [3.05, 3.63) is 0 Å². The van der Waals surface area contributed by atoms with Gasteiger partial charge in [-0.2, -0.15) is 11.8 Å². The van der Waals surface area contributed by atoms with Crippen LogP contribution in [0.1, 0.15) is 27.7 Å². The zero-order chi connectivity index (χ0) is 8.91. The topological polar surface area (TPSA) is 12.4 Å². The molecule has 0 aromatic heterocycles. The first-order valence-electron chi connectivity index (χ1n) is 3.68. The third kappa shape index (κ3) is 6.54. The van der Waals surface area contributed by atoms with E-state index in [0.717, 1.165) is 5.75 Å². The van der Waals surface area contributed by atoms with Gasteiger partial charge in [-0.05, 0) is 31.3 Å². The van der Waals surface area contributed by atoms with Crippen LogP contribution >= 0.6 is 24.0 Å². The molecule has 0 aromatic rings. The first kappa shape index (κ1) is 11.2. The summed E-state index contributed by atoms with van der Waals surface area (Å²) in [6, 6.07) is 0. The van der Waals surface area contributed by atoms with E-state index in [9.17, 15) is 0 Å². The minimum Gasteiger partial charge on any atom is -0.225 e. The van der Waals surface area contributed by atoms with Crippen molar-refractivity contribution in [1.29, 1.82) is 0 Å². The highest BCUT2D eigenvalue weighted by Crippen LogP contribution is 2.19. The van der Waals surface area contributed by atoms with Gasteiger partial charge in [0.25, 0.3) is 0 Å². The molecule has 0 bridgehead atoms. The van der Waals surface area contributed by atoms with Crippen LogP contribution in [0.25, 0.3) is 0 Å². The summed E-state index contributed by atoms with van der Waals surface area (Å²) in [7, 11) is 0. The summed E-state index contributed by atoms with van der Waals surface area (Å²) >= 11 is 6.45. The molecule has 0 N–H and O–H groups in total. The number of rotatable bonds is 4. The summed E-state index contributed by atoms with van der Waals surface area (Å²) in [5, 5.41) is 3.09. The molecule has 64 valence electrons. The van der Waals surface area contributed by atoms with Crippen LogP contribution in [-0.4, -0.2) is 21.7 Å². The summed E-state index contributed by atoms with van der Waals surface area (Å²) in [6.45, 7) is 8.51. The Labute approximate surface area is 78.7 Å². The molecule has 0 unspecified atom stereocenters. The number of nitrogens with zero attached hydrogens (tertiary/aromatic N) is 1. The second kappa shape index (κ2) is 4.91. The fourth-order valence-electron chi connectivity index (χ4n) is 0.526. The number of aliphatic imine (C=N–C) groups is 1. The number of hydrogen-bond donors (Lipinski definition) is 0. The van der Waals surface area contributed by atoms with Crippen molar-refractivity contribution >= 4 is 29.1 Å². The first-order valence-corrected chi connectivity index (χ1v) is 5.14. The van der Waals surface area contributed by atoms with E-state index in [0.29, 0.717) is 5.25 Å². The molecule has 0 aliphatic rings. The lowest BCUT2D eigenvalue weighted by Crippen LogP contribution is -2.20. The minimum absolute atomic E-state index is 0.0450. The first-order chi connectivity index (χ1) is 4.98. The van der Waals surface area contributed by atoms with Gasteiger partial charge in [0.15, 0.2) is 0 Å². The maximum Gasteiger partial charge on any atom is 0.0745 e. The Morgan fingerprint density at radius 2 is 2.09 bits per heavy atom. The molecular weight excluding hydrogens is 174 g/mol. The molecule has 0 aliphatic carbocycles. The van der Waals surface area contributed by atoms with Crippen LogP contribution in [0.15, 0.2) is 4.99 Å². The molecule has 0 radical (unpaired) electrons. The fourth-order valence-corrected chi connectivity index (χ4v) is 1.58. The Morgan fingerprint density at radius 3 is 2.45 bits per heavy atom. The largest absolute Gasteiger partial charge is 0.225 e. The van der Waals surface area contributed by atoms with Crippen molar-refractivity contribution in [1.82, 2.24) is 0 Å². The number of isothiocyanates is 1. The molecule has 0 fully saturated rings. The summed E-state index contributed by atoms with van der Waals surface area (Å²) < 4.78 is 0. The molecule has 0 aromatic carbocycles. The van der Waals surface area contributed by atoms with Crippen molar-refractivity contribution in [2.45, 2.75) is 38.5 Å². The highest BCUT2D eigenvalue weighted by Gasteiger charge is 2.15. The Kier molecular flexibility index (Phi) is 4.98. The van der Waals surface area contributed by atoms with Crippen molar-refractivity contribution in [2.24, 2.45) is 4.99 Å². The maximum absolute atomic E-state index is 4.55.